The van der Waals surface area contributed by atoms with Crippen LogP contribution in [0.4, 0.5) is 0 Å². The van der Waals surface area contributed by atoms with Gasteiger partial charge < -0.3 is 15.5 Å². The molecule has 2 rings (SSSR count). The van der Waals surface area contributed by atoms with Gasteiger partial charge in [0.25, 0.3) is 0 Å². The summed E-state index contributed by atoms with van der Waals surface area (Å²) in [4.78, 5) is 16.8. The number of piperazine rings is 1. The van der Waals surface area contributed by atoms with Crippen LogP contribution in [0, 0.1) is 5.92 Å². The normalized spacial score (nSPS) is 32.2. The Kier molecular flexibility index (Phi) is 8.29. The van der Waals surface area contributed by atoms with Gasteiger partial charge >= 0.3 is 0 Å². The number of amides is 1. The largest absolute Gasteiger partial charge is 0.337 e. The van der Waals surface area contributed by atoms with E-state index in [1.54, 1.807) is 0 Å². The second-order valence-electron chi connectivity index (χ2n) is 5.77. The quantitative estimate of drug-likeness (QED) is 0.798. The number of nitrogens with two attached hydrogens (primary N) is 1. The van der Waals surface area contributed by atoms with Crippen molar-refractivity contribution >= 4 is 30.7 Å². The summed E-state index contributed by atoms with van der Waals surface area (Å²) in [6.45, 7) is 5.01. The van der Waals surface area contributed by atoms with Crippen molar-refractivity contribution in [3.05, 3.63) is 0 Å². The predicted octanol–water partition coefficient (Wildman–Crippen LogP) is 1.51. The maximum atomic E-state index is 12.5. The number of hydrogen-bond acceptors (Lipinski definition) is 3. The molecule has 6 heteroatoms. The van der Waals surface area contributed by atoms with Crippen molar-refractivity contribution in [3.63, 3.8) is 0 Å². The van der Waals surface area contributed by atoms with E-state index in [2.05, 4.69) is 23.8 Å². The van der Waals surface area contributed by atoms with Gasteiger partial charge in [0.05, 0.1) is 0 Å². The maximum absolute atomic E-state index is 12.5. The van der Waals surface area contributed by atoms with Crippen LogP contribution in [-0.4, -0.2) is 54.5 Å². The number of likely N-dealkylation sites (N-methyl/N-ethyl adjacent to an activating group) is 1. The Morgan fingerprint density at radius 2 is 1.89 bits per heavy atom. The molecular weight excluding hydrogens is 285 g/mol. The molecule has 1 aliphatic carbocycles. The van der Waals surface area contributed by atoms with E-state index in [4.69, 9.17) is 5.73 Å². The lowest BCUT2D eigenvalue weighted by atomic mass is 9.85. The lowest BCUT2D eigenvalue weighted by Crippen LogP contribution is -2.54. The summed E-state index contributed by atoms with van der Waals surface area (Å²) in [6.07, 6.45) is 4.12. The van der Waals surface area contributed by atoms with Crippen molar-refractivity contribution in [3.8, 4) is 0 Å². The molecule has 0 aromatic heterocycles. The first-order valence-electron chi connectivity index (χ1n) is 6.82. The molecule has 0 radical (unpaired) electrons. The third-order valence-corrected chi connectivity index (χ3v) is 4.18. The Labute approximate surface area is 128 Å². The molecule has 0 bridgehead atoms. The highest BCUT2D eigenvalue weighted by atomic mass is 35.5. The lowest BCUT2D eigenvalue weighted by molar-refractivity contribution is -0.141. The van der Waals surface area contributed by atoms with Crippen molar-refractivity contribution in [2.75, 3.05) is 26.7 Å². The molecule has 3 atom stereocenters. The second kappa shape index (κ2) is 8.30. The fourth-order valence-corrected chi connectivity index (χ4v) is 3.15. The number of nitrogens with zero attached hydrogens (tertiary/aromatic N) is 2. The van der Waals surface area contributed by atoms with Gasteiger partial charge in [0.2, 0.25) is 5.91 Å². The minimum atomic E-state index is 0. The molecule has 0 aromatic rings. The van der Waals surface area contributed by atoms with Gasteiger partial charge in [-0.15, -0.1) is 24.8 Å². The summed E-state index contributed by atoms with van der Waals surface area (Å²) in [7, 11) is 2.12. The van der Waals surface area contributed by atoms with Crippen LogP contribution in [0.1, 0.15) is 32.6 Å². The third kappa shape index (κ3) is 4.78. The number of halogens is 2. The van der Waals surface area contributed by atoms with Crippen LogP contribution < -0.4 is 5.73 Å². The Bertz CT molecular complexity index is 291. The molecule has 114 valence electrons. The van der Waals surface area contributed by atoms with E-state index in [9.17, 15) is 4.79 Å². The molecule has 1 amide bonds. The molecule has 19 heavy (non-hydrogen) atoms. The van der Waals surface area contributed by atoms with Crippen LogP contribution in [0.25, 0.3) is 0 Å². The van der Waals surface area contributed by atoms with E-state index < -0.39 is 0 Å². The Morgan fingerprint density at radius 3 is 2.47 bits per heavy atom. The van der Waals surface area contributed by atoms with Gasteiger partial charge in [0.1, 0.15) is 0 Å². The van der Waals surface area contributed by atoms with E-state index >= 15 is 0 Å². The molecule has 3 unspecified atom stereocenters. The summed E-state index contributed by atoms with van der Waals surface area (Å²) in [5.41, 5.74) is 5.97. The number of hydrogen-bond donors (Lipinski definition) is 1. The smallest absolute Gasteiger partial charge is 0.226 e. The van der Waals surface area contributed by atoms with Gasteiger partial charge in [-0.1, -0.05) is 6.42 Å². The number of carbonyl (C=O) groups excluding carboxylic acids is 1. The Hall–Kier alpha value is -0.0300. The molecule has 1 saturated carbocycles. The summed E-state index contributed by atoms with van der Waals surface area (Å²) in [6, 6.07) is 0.583. The topological polar surface area (TPSA) is 49.6 Å². The molecule has 0 spiro atoms. The van der Waals surface area contributed by atoms with Gasteiger partial charge in [0, 0.05) is 37.6 Å². The van der Waals surface area contributed by atoms with Crippen LogP contribution in [0.15, 0.2) is 0 Å². The van der Waals surface area contributed by atoms with Gasteiger partial charge in [-0.3, -0.25) is 4.79 Å². The van der Waals surface area contributed by atoms with Gasteiger partial charge in [-0.25, -0.2) is 0 Å². The first kappa shape index (κ1) is 19.0. The SMILES string of the molecule is CC1CN(C)CCN1C(=O)C1CCCC(N)C1.Cl.Cl. The van der Waals surface area contributed by atoms with Crippen LogP contribution in [0.2, 0.25) is 0 Å². The second-order valence-corrected chi connectivity index (χ2v) is 5.77. The first-order chi connectivity index (χ1) is 8.08. The van der Waals surface area contributed by atoms with E-state index in [1.165, 1.54) is 0 Å². The van der Waals surface area contributed by atoms with E-state index in [1.807, 2.05) is 0 Å². The monoisotopic (exact) mass is 311 g/mol. The molecule has 4 nitrogen and oxygen atoms in total. The minimum Gasteiger partial charge on any atom is -0.337 e. The van der Waals surface area contributed by atoms with Crippen LogP contribution in [0.5, 0.6) is 0 Å². The van der Waals surface area contributed by atoms with Gasteiger partial charge in [-0.2, -0.15) is 0 Å². The molecule has 2 N–H and O–H groups in total. The van der Waals surface area contributed by atoms with Gasteiger partial charge in [0.15, 0.2) is 0 Å². The molecule has 2 aliphatic rings. The summed E-state index contributed by atoms with van der Waals surface area (Å²) < 4.78 is 0. The fourth-order valence-electron chi connectivity index (χ4n) is 3.15. The number of rotatable bonds is 1. The predicted molar refractivity (Wildman–Crippen MR) is 83.1 cm³/mol. The molecule has 1 heterocycles. The van der Waals surface area contributed by atoms with Crippen molar-refractivity contribution in [2.45, 2.75) is 44.7 Å². The number of carbonyl (C=O) groups is 1. The zero-order valence-corrected chi connectivity index (χ0v) is 13.5. The first-order valence-corrected chi connectivity index (χ1v) is 6.82. The molecule has 0 aromatic carbocycles. The average Bonchev–Trinajstić information content (AvgIpc) is 2.28. The zero-order chi connectivity index (χ0) is 12.4. The van der Waals surface area contributed by atoms with E-state index in [0.717, 1.165) is 45.3 Å². The highest BCUT2D eigenvalue weighted by Crippen LogP contribution is 2.26. The third-order valence-electron chi connectivity index (χ3n) is 4.18. The van der Waals surface area contributed by atoms with E-state index in [-0.39, 0.29) is 36.8 Å². The lowest BCUT2D eigenvalue weighted by Gasteiger charge is -2.41. The summed E-state index contributed by atoms with van der Waals surface area (Å²) in [5.74, 6) is 0.533. The van der Waals surface area contributed by atoms with E-state index in [0.29, 0.717) is 11.9 Å². The molecular formula is C13H27Cl2N3O. The Morgan fingerprint density at radius 1 is 1.21 bits per heavy atom. The van der Waals surface area contributed by atoms with Crippen LogP contribution in [0.3, 0.4) is 0 Å². The fraction of sp³-hybridized carbons (Fsp3) is 0.923. The molecule has 2 fully saturated rings. The molecule has 1 aliphatic heterocycles. The highest BCUT2D eigenvalue weighted by Gasteiger charge is 2.32. The van der Waals surface area contributed by atoms with Crippen LogP contribution >= 0.6 is 24.8 Å². The van der Waals surface area contributed by atoms with Crippen LogP contribution in [-0.2, 0) is 4.79 Å². The molecule has 1 saturated heterocycles. The standard InChI is InChI=1S/C13H25N3O.2ClH/c1-10-9-15(2)6-7-16(10)13(17)11-4-3-5-12(14)8-11;;/h10-12H,3-9,14H2,1-2H3;2*1H. The van der Waals surface area contributed by atoms with Crippen molar-refractivity contribution in [1.82, 2.24) is 9.80 Å². The summed E-state index contributed by atoms with van der Waals surface area (Å²) >= 11 is 0. The zero-order valence-electron chi connectivity index (χ0n) is 11.9. The average molecular weight is 312 g/mol. The highest BCUT2D eigenvalue weighted by molar-refractivity contribution is 5.85. The van der Waals surface area contributed by atoms with Crippen molar-refractivity contribution in [2.24, 2.45) is 11.7 Å². The van der Waals surface area contributed by atoms with Crippen molar-refractivity contribution < 1.29 is 4.79 Å². The minimum absolute atomic E-state index is 0. The maximum Gasteiger partial charge on any atom is 0.226 e. The summed E-state index contributed by atoms with van der Waals surface area (Å²) in [5, 5.41) is 0. The Balaban J connectivity index is 0.00000162. The van der Waals surface area contributed by atoms with Gasteiger partial charge in [-0.05, 0) is 33.2 Å². The van der Waals surface area contributed by atoms with Crippen molar-refractivity contribution in [1.29, 1.82) is 0 Å².